The molecule has 3 rings (SSSR count). The summed E-state index contributed by atoms with van der Waals surface area (Å²) in [6.45, 7) is 3.27. The Morgan fingerprint density at radius 2 is 2.25 bits per heavy atom. The van der Waals surface area contributed by atoms with E-state index in [4.69, 9.17) is 5.21 Å². The molecule has 1 aromatic heterocycles. The van der Waals surface area contributed by atoms with Gasteiger partial charge in [-0.1, -0.05) is 18.2 Å². The summed E-state index contributed by atoms with van der Waals surface area (Å²) in [5.41, 5.74) is 4.07. The number of benzene rings is 1. The van der Waals surface area contributed by atoms with Crippen molar-refractivity contribution in [2.75, 3.05) is 13.1 Å². The van der Waals surface area contributed by atoms with Crippen molar-refractivity contribution in [3.63, 3.8) is 0 Å². The molecule has 1 aromatic carbocycles. The van der Waals surface area contributed by atoms with E-state index in [0.29, 0.717) is 13.0 Å². The second kappa shape index (κ2) is 7.25. The normalized spacial score (nSPS) is 22.3. The zero-order valence-corrected chi connectivity index (χ0v) is 13.7. The lowest BCUT2D eigenvalue weighted by molar-refractivity contribution is -0.131. The number of pyridine rings is 1. The predicted octanol–water partition coefficient (Wildman–Crippen LogP) is 2.14. The van der Waals surface area contributed by atoms with Gasteiger partial charge in [0.2, 0.25) is 5.91 Å². The lowest BCUT2D eigenvalue weighted by Gasteiger charge is -2.34. The first-order valence-electron chi connectivity index (χ1n) is 8.26. The number of nitrogens with zero attached hydrogens (tertiary/aromatic N) is 1. The molecule has 1 aliphatic rings. The van der Waals surface area contributed by atoms with E-state index in [1.54, 1.807) is 5.48 Å². The van der Waals surface area contributed by atoms with Crippen LogP contribution in [-0.2, 0) is 9.90 Å². The van der Waals surface area contributed by atoms with E-state index < -0.39 is 12.0 Å². The number of carbonyl (C=O) groups excluding carboxylic acids is 1. The zero-order valence-electron chi connectivity index (χ0n) is 13.7. The first-order valence-corrected chi connectivity index (χ1v) is 8.26. The highest BCUT2D eigenvalue weighted by atomic mass is 16.5. The molecular formula is C18H22N3O3. The molecule has 2 aromatic rings. The molecule has 0 saturated carbocycles. The highest BCUT2D eigenvalue weighted by Crippen LogP contribution is 2.37. The number of aryl methyl sites for hydroxylation is 1. The Hall–Kier alpha value is -2.02. The third-order valence-electron chi connectivity index (χ3n) is 4.81. The Labute approximate surface area is 140 Å². The third-order valence-corrected chi connectivity index (χ3v) is 4.81. The summed E-state index contributed by atoms with van der Waals surface area (Å²) in [5.74, 6) is -0.703. The highest BCUT2D eigenvalue weighted by Gasteiger charge is 2.34. The minimum atomic E-state index is -0.921. The van der Waals surface area contributed by atoms with E-state index in [-0.39, 0.29) is 18.3 Å². The fourth-order valence-corrected chi connectivity index (χ4v) is 3.66. The topological polar surface area (TPSA) is 94.2 Å². The summed E-state index contributed by atoms with van der Waals surface area (Å²) in [4.78, 5) is 16.0. The van der Waals surface area contributed by atoms with E-state index in [0.717, 1.165) is 28.7 Å². The SMILES string of the molecule is Cc1cc(C([O])C2CCNC[C@@H]2CC(=O)NO)c2ccccc2n1. The molecule has 2 heterocycles. The maximum Gasteiger partial charge on any atom is 0.243 e. The molecule has 3 N–H and O–H groups in total. The van der Waals surface area contributed by atoms with Crippen molar-refractivity contribution in [2.24, 2.45) is 11.8 Å². The van der Waals surface area contributed by atoms with Crippen LogP contribution in [0.2, 0.25) is 0 Å². The second-order valence-electron chi connectivity index (χ2n) is 6.45. The Morgan fingerprint density at radius 1 is 1.46 bits per heavy atom. The Kier molecular flexibility index (Phi) is 5.08. The molecule has 2 unspecified atom stereocenters. The van der Waals surface area contributed by atoms with Gasteiger partial charge in [-0.15, -0.1) is 0 Å². The van der Waals surface area contributed by atoms with E-state index >= 15 is 0 Å². The molecule has 1 fully saturated rings. The average Bonchev–Trinajstić information content (AvgIpc) is 2.60. The Bertz CT molecular complexity index is 735. The number of hydrogen-bond acceptors (Lipinski definition) is 4. The van der Waals surface area contributed by atoms with Crippen molar-refractivity contribution in [3.05, 3.63) is 41.6 Å². The second-order valence-corrected chi connectivity index (χ2v) is 6.45. The van der Waals surface area contributed by atoms with Gasteiger partial charge in [-0.05, 0) is 56.0 Å². The van der Waals surface area contributed by atoms with Gasteiger partial charge in [-0.3, -0.25) is 15.0 Å². The summed E-state index contributed by atoms with van der Waals surface area (Å²) in [7, 11) is 0. The number of hydroxylamine groups is 1. The van der Waals surface area contributed by atoms with Crippen LogP contribution in [-0.4, -0.2) is 29.2 Å². The van der Waals surface area contributed by atoms with Gasteiger partial charge in [0.05, 0.1) is 5.52 Å². The maximum atomic E-state index is 13.3. The molecule has 6 heteroatoms. The van der Waals surface area contributed by atoms with Gasteiger partial charge in [0, 0.05) is 17.5 Å². The highest BCUT2D eigenvalue weighted by molar-refractivity contribution is 5.82. The van der Waals surface area contributed by atoms with Crippen molar-refractivity contribution >= 4 is 16.8 Å². The van der Waals surface area contributed by atoms with E-state index in [2.05, 4.69) is 10.3 Å². The Morgan fingerprint density at radius 3 is 3.04 bits per heavy atom. The molecule has 1 radical (unpaired) electrons. The molecule has 1 amide bonds. The number of nitrogens with one attached hydrogen (secondary N) is 2. The molecule has 24 heavy (non-hydrogen) atoms. The summed E-state index contributed by atoms with van der Waals surface area (Å²) in [5, 5.41) is 26.2. The monoisotopic (exact) mass is 328 g/mol. The number of fused-ring (bicyclic) bond motifs is 1. The van der Waals surface area contributed by atoms with Gasteiger partial charge in [0.15, 0.2) is 0 Å². The first kappa shape index (κ1) is 16.8. The van der Waals surface area contributed by atoms with Crippen molar-refractivity contribution in [3.8, 4) is 0 Å². The quantitative estimate of drug-likeness (QED) is 0.592. The molecular weight excluding hydrogens is 306 g/mol. The van der Waals surface area contributed by atoms with Crippen LogP contribution in [0, 0.1) is 18.8 Å². The summed E-state index contributed by atoms with van der Waals surface area (Å²) in [6.07, 6.45) is -0.0579. The molecule has 3 atom stereocenters. The van der Waals surface area contributed by atoms with Gasteiger partial charge in [0.25, 0.3) is 0 Å². The third kappa shape index (κ3) is 3.40. The van der Waals surface area contributed by atoms with E-state index in [9.17, 15) is 9.90 Å². The standard InChI is InChI=1S/C18H22N3O3/c1-11-8-15(14-4-2-3-5-16(14)20-11)18(23)13-6-7-19-10-12(13)9-17(22)21-24/h2-5,8,12-13,18-19,24H,6-7,9-10H2,1H3,(H,21,22)/t12-,13?,18?/m0/s1. The van der Waals surface area contributed by atoms with Crippen molar-refractivity contribution in [1.82, 2.24) is 15.8 Å². The molecule has 127 valence electrons. The van der Waals surface area contributed by atoms with Crippen LogP contribution in [0.5, 0.6) is 0 Å². The van der Waals surface area contributed by atoms with Crippen molar-refractivity contribution < 1.29 is 15.1 Å². The zero-order chi connectivity index (χ0) is 17.1. The van der Waals surface area contributed by atoms with Gasteiger partial charge in [-0.25, -0.2) is 10.6 Å². The maximum absolute atomic E-state index is 13.3. The fraction of sp³-hybridized carbons (Fsp3) is 0.444. The number of aromatic nitrogens is 1. The van der Waals surface area contributed by atoms with Crippen LogP contribution >= 0.6 is 0 Å². The van der Waals surface area contributed by atoms with Crippen LogP contribution in [0.15, 0.2) is 30.3 Å². The number of rotatable bonds is 4. The minimum absolute atomic E-state index is 0.0966. The number of carbonyl (C=O) groups is 1. The lowest BCUT2D eigenvalue weighted by atomic mass is 9.77. The molecule has 0 bridgehead atoms. The molecule has 6 nitrogen and oxygen atoms in total. The van der Waals surface area contributed by atoms with Crippen LogP contribution in [0.3, 0.4) is 0 Å². The van der Waals surface area contributed by atoms with Gasteiger partial charge >= 0.3 is 0 Å². The molecule has 0 aliphatic carbocycles. The summed E-state index contributed by atoms with van der Waals surface area (Å²) in [6, 6.07) is 9.54. The summed E-state index contributed by atoms with van der Waals surface area (Å²) < 4.78 is 0. The largest absolute Gasteiger partial charge is 0.316 e. The minimum Gasteiger partial charge on any atom is -0.316 e. The van der Waals surface area contributed by atoms with Gasteiger partial charge < -0.3 is 5.32 Å². The van der Waals surface area contributed by atoms with Crippen LogP contribution in [0.1, 0.15) is 30.2 Å². The number of amides is 1. The van der Waals surface area contributed by atoms with Gasteiger partial charge in [0.1, 0.15) is 6.10 Å². The predicted molar refractivity (Wildman–Crippen MR) is 88.9 cm³/mol. The average molecular weight is 328 g/mol. The summed E-state index contributed by atoms with van der Waals surface area (Å²) >= 11 is 0. The van der Waals surface area contributed by atoms with E-state index in [1.807, 2.05) is 37.3 Å². The van der Waals surface area contributed by atoms with Crippen molar-refractivity contribution in [1.29, 1.82) is 0 Å². The number of para-hydroxylation sites is 1. The van der Waals surface area contributed by atoms with E-state index in [1.165, 1.54) is 0 Å². The van der Waals surface area contributed by atoms with Crippen LogP contribution in [0.4, 0.5) is 0 Å². The lowest BCUT2D eigenvalue weighted by Crippen LogP contribution is -2.41. The molecule has 0 spiro atoms. The number of hydrogen-bond donors (Lipinski definition) is 3. The van der Waals surface area contributed by atoms with Crippen molar-refractivity contribution in [2.45, 2.75) is 25.9 Å². The van der Waals surface area contributed by atoms with Gasteiger partial charge in [-0.2, -0.15) is 0 Å². The fourth-order valence-electron chi connectivity index (χ4n) is 3.66. The smallest absolute Gasteiger partial charge is 0.243 e. The molecule has 1 saturated heterocycles. The van der Waals surface area contributed by atoms with Crippen LogP contribution in [0.25, 0.3) is 10.9 Å². The molecule has 1 aliphatic heterocycles. The Balaban J connectivity index is 1.94. The first-order chi connectivity index (χ1) is 11.6. The van der Waals surface area contributed by atoms with Crippen LogP contribution < -0.4 is 10.8 Å². The number of piperidine rings is 1.